The Hall–Kier alpha value is -1.26. The summed E-state index contributed by atoms with van der Waals surface area (Å²) in [7, 11) is 0. The zero-order valence-electron chi connectivity index (χ0n) is 11.0. The third-order valence-corrected chi connectivity index (χ3v) is 2.86. The fourth-order valence-electron chi connectivity index (χ4n) is 1.81. The van der Waals surface area contributed by atoms with Crippen LogP contribution in [0.25, 0.3) is 0 Å². The first-order valence-electron chi connectivity index (χ1n) is 6.87. The Bertz CT molecular complexity index is 328. The molecule has 0 aromatic heterocycles. The van der Waals surface area contributed by atoms with Gasteiger partial charge in [-0.2, -0.15) is 0 Å². The number of allylic oxidation sites excluding steroid dienone is 1. The van der Waals surface area contributed by atoms with E-state index in [1.807, 2.05) is 0 Å². The molecular formula is C17H24. The van der Waals surface area contributed by atoms with Gasteiger partial charge in [0.2, 0.25) is 0 Å². The minimum Gasteiger partial charge on any atom is -0.130 e. The summed E-state index contributed by atoms with van der Waals surface area (Å²) < 4.78 is 0. The Balaban J connectivity index is 2.07. The summed E-state index contributed by atoms with van der Waals surface area (Å²) in [5.41, 5.74) is 4.69. The van der Waals surface area contributed by atoms with E-state index in [-0.39, 0.29) is 0 Å². The summed E-state index contributed by atoms with van der Waals surface area (Å²) in [6, 6.07) is 10.6. The number of unbranched alkanes of at least 4 members (excludes halogenated alkanes) is 4. The van der Waals surface area contributed by atoms with Crippen LogP contribution in [-0.4, -0.2) is 0 Å². The van der Waals surface area contributed by atoms with Gasteiger partial charge >= 0.3 is 0 Å². The molecule has 0 spiro atoms. The molecule has 1 aromatic carbocycles. The zero-order chi connectivity index (χ0) is 12.2. The van der Waals surface area contributed by atoms with Crippen molar-refractivity contribution in [3.8, 4) is 0 Å². The number of rotatable bonds is 8. The number of benzene rings is 1. The van der Waals surface area contributed by atoms with Gasteiger partial charge in [0, 0.05) is 0 Å². The predicted molar refractivity (Wildman–Crippen MR) is 76.2 cm³/mol. The molecule has 0 fully saturated rings. The van der Waals surface area contributed by atoms with Gasteiger partial charge < -0.3 is 0 Å². The van der Waals surface area contributed by atoms with Crippen molar-refractivity contribution < 1.29 is 0 Å². The molecule has 0 saturated heterocycles. The van der Waals surface area contributed by atoms with E-state index >= 15 is 0 Å². The van der Waals surface area contributed by atoms with Crippen molar-refractivity contribution in [3.05, 3.63) is 53.8 Å². The molecular weight excluding hydrogens is 204 g/mol. The van der Waals surface area contributed by atoms with Gasteiger partial charge in [-0.1, -0.05) is 56.5 Å². The van der Waals surface area contributed by atoms with Gasteiger partial charge in [-0.25, -0.2) is 0 Å². The highest BCUT2D eigenvalue weighted by atomic mass is 13.9. The summed E-state index contributed by atoms with van der Waals surface area (Å²) >= 11 is 0. The van der Waals surface area contributed by atoms with Crippen LogP contribution in [0.3, 0.4) is 0 Å². The topological polar surface area (TPSA) is 0 Å². The Morgan fingerprint density at radius 3 is 2.47 bits per heavy atom. The van der Waals surface area contributed by atoms with Gasteiger partial charge in [0.15, 0.2) is 0 Å². The molecule has 1 aromatic rings. The van der Waals surface area contributed by atoms with Crippen LogP contribution in [0.2, 0.25) is 0 Å². The first-order valence-corrected chi connectivity index (χ1v) is 6.87. The van der Waals surface area contributed by atoms with Crippen molar-refractivity contribution >= 4 is 0 Å². The van der Waals surface area contributed by atoms with Gasteiger partial charge in [-0.05, 0) is 43.4 Å². The largest absolute Gasteiger partial charge is 0.130 e. The summed E-state index contributed by atoms with van der Waals surface area (Å²) in [5.74, 6) is 0. The van der Waals surface area contributed by atoms with Crippen LogP contribution < -0.4 is 0 Å². The molecule has 0 atom stereocenters. The van der Waals surface area contributed by atoms with Gasteiger partial charge in [-0.15, -0.1) is 5.73 Å². The fourth-order valence-corrected chi connectivity index (χ4v) is 1.81. The molecule has 0 aliphatic heterocycles. The standard InChI is InChI=1S/C17H24/c1-2-3-4-5-6-7-8-9-11-14-17-15-12-10-13-16-17/h7,9-10,12-13,15-16H,2-6,11,14H2,1H3. The van der Waals surface area contributed by atoms with E-state index < -0.39 is 0 Å². The molecule has 0 unspecified atom stereocenters. The van der Waals surface area contributed by atoms with E-state index in [0.717, 1.165) is 12.8 Å². The van der Waals surface area contributed by atoms with Gasteiger partial charge in [0.25, 0.3) is 0 Å². The molecule has 92 valence electrons. The van der Waals surface area contributed by atoms with E-state index in [1.165, 1.54) is 37.7 Å². The highest BCUT2D eigenvalue weighted by molar-refractivity contribution is 5.15. The summed E-state index contributed by atoms with van der Waals surface area (Å²) in [6.07, 6.45) is 13.1. The lowest BCUT2D eigenvalue weighted by Gasteiger charge is -1.95. The van der Waals surface area contributed by atoms with Gasteiger partial charge in [-0.3, -0.25) is 0 Å². The van der Waals surface area contributed by atoms with Crippen LogP contribution >= 0.6 is 0 Å². The fraction of sp³-hybridized carbons (Fsp3) is 0.471. The van der Waals surface area contributed by atoms with Crippen molar-refractivity contribution in [2.75, 3.05) is 0 Å². The molecule has 0 aliphatic carbocycles. The minimum atomic E-state index is 1.09. The number of hydrogen-bond donors (Lipinski definition) is 0. The third kappa shape index (κ3) is 7.60. The number of hydrogen-bond acceptors (Lipinski definition) is 0. The van der Waals surface area contributed by atoms with Gasteiger partial charge in [0.05, 0.1) is 0 Å². The Kier molecular flexibility index (Phi) is 8.06. The smallest absolute Gasteiger partial charge is 0.0234 e. The maximum absolute atomic E-state index is 3.28. The Morgan fingerprint density at radius 1 is 0.941 bits per heavy atom. The predicted octanol–water partition coefficient (Wildman–Crippen LogP) is 5.30. The van der Waals surface area contributed by atoms with Crippen LogP contribution in [0.1, 0.15) is 51.0 Å². The molecule has 0 N–H and O–H groups in total. The summed E-state index contributed by atoms with van der Waals surface area (Å²) in [6.45, 7) is 2.25. The van der Waals surface area contributed by atoms with Crippen molar-refractivity contribution in [1.29, 1.82) is 0 Å². The van der Waals surface area contributed by atoms with E-state index in [2.05, 4.69) is 55.1 Å². The SMILES string of the molecule is CCCCCCC=C=CCCc1ccccc1. The lowest BCUT2D eigenvalue weighted by atomic mass is 10.1. The van der Waals surface area contributed by atoms with Crippen molar-refractivity contribution in [2.45, 2.75) is 51.9 Å². The summed E-state index contributed by atoms with van der Waals surface area (Å²) in [4.78, 5) is 0. The van der Waals surface area contributed by atoms with Crippen LogP contribution in [0, 0.1) is 0 Å². The molecule has 0 nitrogen and oxygen atoms in total. The summed E-state index contributed by atoms with van der Waals surface area (Å²) in [5, 5.41) is 0. The quantitative estimate of drug-likeness (QED) is 0.418. The average molecular weight is 228 g/mol. The second kappa shape index (κ2) is 9.93. The van der Waals surface area contributed by atoms with E-state index in [1.54, 1.807) is 0 Å². The molecule has 0 bridgehead atoms. The molecule has 0 radical (unpaired) electrons. The average Bonchev–Trinajstić information content (AvgIpc) is 2.38. The highest BCUT2D eigenvalue weighted by Gasteiger charge is 1.87. The lowest BCUT2D eigenvalue weighted by molar-refractivity contribution is 0.674. The maximum Gasteiger partial charge on any atom is -0.0234 e. The molecule has 0 amide bonds. The lowest BCUT2D eigenvalue weighted by Crippen LogP contribution is -1.80. The first kappa shape index (κ1) is 13.8. The number of aryl methyl sites for hydroxylation is 1. The van der Waals surface area contributed by atoms with Crippen LogP contribution in [-0.2, 0) is 6.42 Å². The normalized spacial score (nSPS) is 9.71. The monoisotopic (exact) mass is 228 g/mol. The zero-order valence-corrected chi connectivity index (χ0v) is 11.0. The first-order chi connectivity index (χ1) is 8.43. The van der Waals surface area contributed by atoms with Crippen molar-refractivity contribution in [3.63, 3.8) is 0 Å². The van der Waals surface area contributed by atoms with Crippen LogP contribution in [0.4, 0.5) is 0 Å². The van der Waals surface area contributed by atoms with Crippen LogP contribution in [0.15, 0.2) is 48.2 Å². The molecule has 17 heavy (non-hydrogen) atoms. The van der Waals surface area contributed by atoms with Crippen LogP contribution in [0.5, 0.6) is 0 Å². The molecule has 0 aliphatic rings. The van der Waals surface area contributed by atoms with E-state index in [4.69, 9.17) is 0 Å². The second-order valence-corrected chi connectivity index (χ2v) is 4.45. The minimum absolute atomic E-state index is 1.09. The Morgan fingerprint density at radius 2 is 1.71 bits per heavy atom. The highest BCUT2D eigenvalue weighted by Crippen LogP contribution is 2.04. The molecule has 0 saturated carbocycles. The maximum atomic E-state index is 3.28. The van der Waals surface area contributed by atoms with E-state index in [0.29, 0.717) is 0 Å². The molecule has 1 rings (SSSR count). The Labute approximate surface area is 106 Å². The van der Waals surface area contributed by atoms with Gasteiger partial charge in [0.1, 0.15) is 0 Å². The second-order valence-electron chi connectivity index (χ2n) is 4.45. The third-order valence-electron chi connectivity index (χ3n) is 2.86. The van der Waals surface area contributed by atoms with E-state index in [9.17, 15) is 0 Å². The van der Waals surface area contributed by atoms with Crippen molar-refractivity contribution in [1.82, 2.24) is 0 Å². The van der Waals surface area contributed by atoms with Crippen molar-refractivity contribution in [2.24, 2.45) is 0 Å². The molecule has 0 heterocycles. The molecule has 0 heteroatoms.